The van der Waals surface area contributed by atoms with E-state index in [1.54, 1.807) is 6.20 Å². The van der Waals surface area contributed by atoms with E-state index in [0.29, 0.717) is 11.3 Å². The van der Waals surface area contributed by atoms with E-state index in [1.807, 2.05) is 26.8 Å². The summed E-state index contributed by atoms with van der Waals surface area (Å²) in [6.45, 7) is 5.93. The van der Waals surface area contributed by atoms with Gasteiger partial charge in [0.05, 0.1) is 0 Å². The predicted octanol–water partition coefficient (Wildman–Crippen LogP) is 2.87. The van der Waals surface area contributed by atoms with Gasteiger partial charge in [0.25, 0.3) is 0 Å². The van der Waals surface area contributed by atoms with Gasteiger partial charge in [-0.1, -0.05) is 6.07 Å². The summed E-state index contributed by atoms with van der Waals surface area (Å²) in [5.74, 6) is 0.297. The molecule has 0 spiro atoms. The molecule has 0 bridgehead atoms. The number of hydrogen-bond donors (Lipinski definition) is 1. The van der Waals surface area contributed by atoms with Gasteiger partial charge in [-0.3, -0.25) is 4.98 Å². The molecule has 1 heterocycles. The Balaban J connectivity index is 2.94. The lowest BCUT2D eigenvalue weighted by molar-refractivity contribution is 0.476. The number of aromatic nitrogens is 1. The van der Waals surface area contributed by atoms with E-state index in [4.69, 9.17) is 0 Å². The fraction of sp³-hybridized carbons (Fsp3) is 0.250. The van der Waals surface area contributed by atoms with E-state index in [0.717, 1.165) is 22.1 Å². The molecule has 2 heteroatoms. The van der Waals surface area contributed by atoms with Crippen LogP contribution in [0.5, 0.6) is 5.75 Å². The van der Waals surface area contributed by atoms with Crippen molar-refractivity contribution in [1.29, 1.82) is 0 Å². The van der Waals surface area contributed by atoms with Gasteiger partial charge in [-0.15, -0.1) is 0 Å². The summed E-state index contributed by atoms with van der Waals surface area (Å²) >= 11 is 0. The topological polar surface area (TPSA) is 33.1 Å². The average Bonchev–Trinajstić information content (AvgIpc) is 2.14. The van der Waals surface area contributed by atoms with E-state index in [-0.39, 0.29) is 0 Å². The van der Waals surface area contributed by atoms with Crippen LogP contribution < -0.4 is 0 Å². The van der Waals surface area contributed by atoms with E-state index >= 15 is 0 Å². The summed E-state index contributed by atoms with van der Waals surface area (Å²) in [7, 11) is 0. The van der Waals surface area contributed by atoms with E-state index < -0.39 is 0 Å². The number of fused-ring (bicyclic) bond motifs is 1. The molecular weight excluding hydrogens is 174 g/mol. The third-order valence-electron chi connectivity index (χ3n) is 2.48. The molecule has 0 saturated heterocycles. The summed E-state index contributed by atoms with van der Waals surface area (Å²) in [5, 5.41) is 10.8. The van der Waals surface area contributed by atoms with Crippen LogP contribution in [0.2, 0.25) is 0 Å². The maximum Gasteiger partial charge on any atom is 0.144 e. The summed E-state index contributed by atoms with van der Waals surface area (Å²) in [6.07, 6.45) is 1.78. The van der Waals surface area contributed by atoms with Crippen molar-refractivity contribution in [3.8, 4) is 5.75 Å². The van der Waals surface area contributed by atoms with Gasteiger partial charge in [0.2, 0.25) is 0 Å². The normalized spacial score (nSPS) is 10.8. The van der Waals surface area contributed by atoms with Crippen LogP contribution in [0.25, 0.3) is 10.9 Å². The Morgan fingerprint density at radius 1 is 1.07 bits per heavy atom. The first kappa shape index (κ1) is 9.00. The number of aromatic hydroxyl groups is 1. The average molecular weight is 187 g/mol. The molecule has 0 aliphatic rings. The number of hydrogen-bond acceptors (Lipinski definition) is 2. The summed E-state index contributed by atoms with van der Waals surface area (Å²) in [6, 6.07) is 4.04. The van der Waals surface area contributed by atoms with Gasteiger partial charge in [0.15, 0.2) is 0 Å². The maximum absolute atomic E-state index is 9.81. The van der Waals surface area contributed by atoms with Crippen molar-refractivity contribution >= 4 is 10.9 Å². The van der Waals surface area contributed by atoms with Crippen molar-refractivity contribution in [2.75, 3.05) is 0 Å². The SMILES string of the molecule is Cc1cnc2c(O)c(C)cc(C)c2c1. The minimum absolute atomic E-state index is 0.297. The smallest absolute Gasteiger partial charge is 0.144 e. The number of rotatable bonds is 0. The fourth-order valence-electron chi connectivity index (χ4n) is 1.72. The van der Waals surface area contributed by atoms with Crippen LogP contribution in [0, 0.1) is 20.8 Å². The van der Waals surface area contributed by atoms with Crippen LogP contribution in [-0.4, -0.2) is 10.1 Å². The largest absolute Gasteiger partial charge is 0.505 e. The highest BCUT2D eigenvalue weighted by atomic mass is 16.3. The quantitative estimate of drug-likeness (QED) is 0.688. The molecule has 0 amide bonds. The highest BCUT2D eigenvalue weighted by Crippen LogP contribution is 2.29. The highest BCUT2D eigenvalue weighted by molar-refractivity contribution is 5.88. The molecule has 2 nitrogen and oxygen atoms in total. The van der Waals surface area contributed by atoms with E-state index in [9.17, 15) is 5.11 Å². The summed E-state index contributed by atoms with van der Waals surface area (Å²) in [4.78, 5) is 4.25. The second-order valence-electron chi connectivity index (χ2n) is 3.77. The lowest BCUT2D eigenvalue weighted by Crippen LogP contribution is -1.88. The van der Waals surface area contributed by atoms with Crippen LogP contribution in [0.15, 0.2) is 18.3 Å². The maximum atomic E-state index is 9.81. The summed E-state index contributed by atoms with van der Waals surface area (Å²) in [5.41, 5.74) is 3.86. The Labute approximate surface area is 83.2 Å². The van der Waals surface area contributed by atoms with E-state index in [1.165, 1.54) is 0 Å². The number of aryl methyl sites for hydroxylation is 3. The Hall–Kier alpha value is -1.57. The molecule has 0 unspecified atom stereocenters. The van der Waals surface area contributed by atoms with Crippen LogP contribution in [0.1, 0.15) is 16.7 Å². The Morgan fingerprint density at radius 3 is 2.50 bits per heavy atom. The molecule has 2 aromatic rings. The minimum atomic E-state index is 0.297. The van der Waals surface area contributed by atoms with Gasteiger partial charge in [-0.25, -0.2) is 0 Å². The van der Waals surface area contributed by atoms with Crippen molar-refractivity contribution in [2.24, 2.45) is 0 Å². The van der Waals surface area contributed by atoms with Gasteiger partial charge in [0.1, 0.15) is 11.3 Å². The van der Waals surface area contributed by atoms with Crippen molar-refractivity contribution in [2.45, 2.75) is 20.8 Å². The van der Waals surface area contributed by atoms with Gasteiger partial charge >= 0.3 is 0 Å². The molecule has 1 N–H and O–H groups in total. The number of phenols is 1. The standard InChI is InChI=1S/C12H13NO/c1-7-4-10-8(2)5-9(3)12(14)11(10)13-6-7/h4-6,14H,1-3H3. The molecule has 14 heavy (non-hydrogen) atoms. The molecule has 0 fully saturated rings. The molecule has 0 aliphatic carbocycles. The fourth-order valence-corrected chi connectivity index (χ4v) is 1.72. The van der Waals surface area contributed by atoms with Gasteiger partial charge in [-0.05, 0) is 43.5 Å². The van der Waals surface area contributed by atoms with Crippen molar-refractivity contribution in [1.82, 2.24) is 4.98 Å². The number of nitrogens with zero attached hydrogens (tertiary/aromatic N) is 1. The van der Waals surface area contributed by atoms with Gasteiger partial charge in [0, 0.05) is 11.6 Å². The van der Waals surface area contributed by atoms with Crippen LogP contribution >= 0.6 is 0 Å². The van der Waals surface area contributed by atoms with Crippen molar-refractivity contribution in [3.63, 3.8) is 0 Å². The van der Waals surface area contributed by atoms with Crippen LogP contribution in [0.4, 0.5) is 0 Å². The first-order chi connectivity index (χ1) is 6.59. The number of phenolic OH excluding ortho intramolecular Hbond substituents is 1. The predicted molar refractivity (Wildman–Crippen MR) is 57.6 cm³/mol. The number of benzene rings is 1. The molecular formula is C12H13NO. The molecule has 0 atom stereocenters. The zero-order valence-corrected chi connectivity index (χ0v) is 8.63. The monoisotopic (exact) mass is 187 g/mol. The Bertz CT molecular complexity index is 503. The minimum Gasteiger partial charge on any atom is -0.505 e. The van der Waals surface area contributed by atoms with Crippen molar-refractivity contribution in [3.05, 3.63) is 35.0 Å². The molecule has 0 aliphatic heterocycles. The zero-order valence-electron chi connectivity index (χ0n) is 8.63. The van der Waals surface area contributed by atoms with Crippen LogP contribution in [-0.2, 0) is 0 Å². The molecule has 2 rings (SSSR count). The molecule has 0 saturated carbocycles. The first-order valence-corrected chi connectivity index (χ1v) is 4.65. The highest BCUT2D eigenvalue weighted by Gasteiger charge is 2.07. The van der Waals surface area contributed by atoms with Crippen molar-refractivity contribution < 1.29 is 5.11 Å². The molecule has 72 valence electrons. The number of pyridine rings is 1. The van der Waals surface area contributed by atoms with Gasteiger partial charge in [-0.2, -0.15) is 0 Å². The Kier molecular flexibility index (Phi) is 1.92. The van der Waals surface area contributed by atoms with Gasteiger partial charge < -0.3 is 5.11 Å². The second-order valence-corrected chi connectivity index (χ2v) is 3.77. The Morgan fingerprint density at radius 2 is 1.79 bits per heavy atom. The third kappa shape index (κ3) is 1.23. The summed E-state index contributed by atoms with van der Waals surface area (Å²) < 4.78 is 0. The van der Waals surface area contributed by atoms with E-state index in [2.05, 4.69) is 11.1 Å². The second kappa shape index (κ2) is 2.98. The zero-order chi connectivity index (χ0) is 10.3. The first-order valence-electron chi connectivity index (χ1n) is 4.65. The molecule has 0 radical (unpaired) electrons. The van der Waals surface area contributed by atoms with Crippen LogP contribution in [0.3, 0.4) is 0 Å². The lowest BCUT2D eigenvalue weighted by Gasteiger charge is -2.07. The molecule has 1 aromatic heterocycles. The molecule has 1 aromatic carbocycles. The lowest BCUT2D eigenvalue weighted by atomic mass is 10.0. The third-order valence-corrected chi connectivity index (χ3v) is 2.48.